The van der Waals surface area contributed by atoms with Crippen LogP contribution in [0.25, 0.3) is 11.0 Å². The summed E-state index contributed by atoms with van der Waals surface area (Å²) in [5.41, 5.74) is 5.06. The summed E-state index contributed by atoms with van der Waals surface area (Å²) in [5.74, 6) is -0.0852. The van der Waals surface area contributed by atoms with Crippen LogP contribution < -0.4 is 9.88 Å². The van der Waals surface area contributed by atoms with Gasteiger partial charge in [-0.1, -0.05) is 60.1 Å². The molecule has 0 radical (unpaired) electrons. The Labute approximate surface area is 169 Å². The molecule has 4 rings (SSSR count). The molecule has 0 saturated heterocycles. The maximum Gasteiger partial charge on any atom is 0.266 e. The second-order valence-electron chi connectivity index (χ2n) is 6.85. The Morgan fingerprint density at radius 2 is 1.79 bits per heavy atom. The Morgan fingerprint density at radius 1 is 1.04 bits per heavy atom. The lowest BCUT2D eigenvalue weighted by Gasteiger charge is -2.07. The molecule has 5 heteroatoms. The van der Waals surface area contributed by atoms with Gasteiger partial charge in [0.15, 0.2) is 17.6 Å². The van der Waals surface area contributed by atoms with E-state index in [0.717, 1.165) is 28.8 Å². The van der Waals surface area contributed by atoms with Gasteiger partial charge in [0.05, 0.1) is 0 Å². The van der Waals surface area contributed by atoms with Crippen molar-refractivity contribution in [1.29, 1.82) is 0 Å². The fourth-order valence-corrected chi connectivity index (χ4v) is 3.52. The van der Waals surface area contributed by atoms with E-state index >= 15 is 0 Å². The third-order valence-corrected chi connectivity index (χ3v) is 5.00. The Kier molecular flexibility index (Phi) is 5.13. The zero-order chi connectivity index (χ0) is 19.5. The molecule has 4 aromatic rings. The minimum absolute atomic E-state index is 0.0852. The van der Waals surface area contributed by atoms with Crippen molar-refractivity contribution >= 4 is 34.2 Å². The van der Waals surface area contributed by atoms with Gasteiger partial charge in [-0.05, 0) is 42.3 Å². The van der Waals surface area contributed by atoms with E-state index in [4.69, 9.17) is 11.6 Å². The molecule has 0 unspecified atom stereocenters. The molecule has 0 atom stereocenters. The van der Waals surface area contributed by atoms with E-state index in [2.05, 4.69) is 28.1 Å². The molecule has 0 aliphatic rings. The Bertz CT molecular complexity index is 1140. The monoisotopic (exact) mass is 390 g/mol. The second-order valence-corrected chi connectivity index (χ2v) is 7.29. The van der Waals surface area contributed by atoms with E-state index < -0.39 is 0 Å². The predicted molar refractivity (Wildman–Crippen MR) is 112 cm³/mol. The summed E-state index contributed by atoms with van der Waals surface area (Å²) >= 11 is 6.06. The van der Waals surface area contributed by atoms with Crippen molar-refractivity contribution in [2.45, 2.75) is 20.0 Å². The average Bonchev–Trinajstić information content (AvgIpc) is 3.03. The summed E-state index contributed by atoms with van der Waals surface area (Å²) < 4.78 is 4.15. The fraction of sp³-hybridized carbons (Fsp3) is 0.130. The van der Waals surface area contributed by atoms with Crippen molar-refractivity contribution in [3.05, 3.63) is 95.3 Å². The molecule has 0 saturated carbocycles. The molecule has 0 spiro atoms. The highest BCUT2D eigenvalue weighted by Gasteiger charge is 2.18. The number of carbonyl (C=O) groups is 1. The van der Waals surface area contributed by atoms with Crippen LogP contribution in [0.1, 0.15) is 11.1 Å². The van der Waals surface area contributed by atoms with Crippen molar-refractivity contribution < 1.29 is 9.36 Å². The van der Waals surface area contributed by atoms with Gasteiger partial charge in [-0.2, -0.15) is 0 Å². The number of nitrogens with zero attached hydrogens (tertiary/aromatic N) is 2. The van der Waals surface area contributed by atoms with Crippen molar-refractivity contribution in [2.75, 3.05) is 5.32 Å². The number of anilines is 1. The number of benzene rings is 3. The van der Waals surface area contributed by atoms with Gasteiger partial charge in [-0.25, -0.2) is 9.13 Å². The predicted octanol–water partition coefficient (Wildman–Crippen LogP) is 4.58. The molecule has 0 aliphatic heterocycles. The number of rotatable bonds is 5. The van der Waals surface area contributed by atoms with Crippen LogP contribution in [0.4, 0.5) is 5.69 Å². The Hall–Kier alpha value is -3.11. The summed E-state index contributed by atoms with van der Waals surface area (Å²) in [4.78, 5) is 12.7. The van der Waals surface area contributed by atoms with Gasteiger partial charge >= 0.3 is 0 Å². The van der Waals surface area contributed by atoms with Gasteiger partial charge in [0.2, 0.25) is 6.33 Å². The van der Waals surface area contributed by atoms with Crippen LogP contribution in [0.3, 0.4) is 0 Å². The topological polar surface area (TPSA) is 37.9 Å². The minimum atomic E-state index is -0.0852. The van der Waals surface area contributed by atoms with Gasteiger partial charge in [-0.15, -0.1) is 0 Å². The maximum atomic E-state index is 12.7. The minimum Gasteiger partial charge on any atom is -0.322 e. The van der Waals surface area contributed by atoms with Crippen LogP contribution in [-0.2, 0) is 17.9 Å². The molecular weight excluding hydrogens is 370 g/mol. The van der Waals surface area contributed by atoms with Crippen LogP contribution in [-0.4, -0.2) is 10.5 Å². The third-order valence-electron chi connectivity index (χ3n) is 4.76. The first kappa shape index (κ1) is 18.3. The lowest BCUT2D eigenvalue weighted by atomic mass is 10.2. The molecule has 0 fully saturated rings. The van der Waals surface area contributed by atoms with Crippen molar-refractivity contribution in [1.82, 2.24) is 4.57 Å². The number of halogens is 1. The molecule has 3 aromatic carbocycles. The highest BCUT2D eigenvalue weighted by atomic mass is 35.5. The molecular formula is C23H21ClN3O+. The Balaban J connectivity index is 1.60. The Morgan fingerprint density at radius 3 is 2.61 bits per heavy atom. The summed E-state index contributed by atoms with van der Waals surface area (Å²) in [6.45, 7) is 2.93. The van der Waals surface area contributed by atoms with Crippen LogP contribution in [0.2, 0.25) is 5.02 Å². The lowest BCUT2D eigenvalue weighted by molar-refractivity contribution is -0.663. The zero-order valence-corrected chi connectivity index (χ0v) is 16.4. The number of nitrogens with one attached hydrogen (secondary N) is 1. The summed E-state index contributed by atoms with van der Waals surface area (Å²) in [6.07, 6.45) is 2.00. The van der Waals surface area contributed by atoms with Crippen LogP contribution >= 0.6 is 11.6 Å². The van der Waals surface area contributed by atoms with E-state index in [1.807, 2.05) is 66.3 Å². The first-order chi connectivity index (χ1) is 13.6. The number of carbonyl (C=O) groups excluding carboxylic acids is 1. The van der Waals surface area contributed by atoms with Crippen LogP contribution in [0, 0.1) is 6.92 Å². The normalized spacial score (nSPS) is 10.9. The maximum absolute atomic E-state index is 12.7. The highest BCUT2D eigenvalue weighted by molar-refractivity contribution is 6.31. The van der Waals surface area contributed by atoms with Crippen molar-refractivity contribution in [2.24, 2.45) is 0 Å². The number of imidazole rings is 1. The second kappa shape index (κ2) is 7.87. The third kappa shape index (κ3) is 3.92. The molecule has 1 aromatic heterocycles. The summed E-state index contributed by atoms with van der Waals surface area (Å²) in [7, 11) is 0. The average molecular weight is 391 g/mol. The number of hydrogen-bond donors (Lipinski definition) is 1. The quantitative estimate of drug-likeness (QED) is 0.498. The van der Waals surface area contributed by atoms with E-state index in [1.165, 1.54) is 5.56 Å². The number of aromatic nitrogens is 2. The molecule has 0 aliphatic carbocycles. The number of fused-ring (bicyclic) bond motifs is 1. The van der Waals surface area contributed by atoms with Crippen molar-refractivity contribution in [3.63, 3.8) is 0 Å². The first-order valence-corrected chi connectivity index (χ1v) is 9.55. The van der Waals surface area contributed by atoms with E-state index in [1.54, 1.807) is 6.07 Å². The standard InChI is InChI=1S/C23H20ClN3O/c1-17-11-12-19(24)13-20(17)25-23(28)15-27-16-26(14-18-7-3-2-4-8-18)21-9-5-6-10-22(21)27/h2-13,16H,14-15H2,1H3/p+1. The van der Waals surface area contributed by atoms with E-state index in [-0.39, 0.29) is 12.5 Å². The molecule has 1 N–H and O–H groups in total. The number of aryl methyl sites for hydroxylation is 1. The van der Waals surface area contributed by atoms with Crippen molar-refractivity contribution in [3.8, 4) is 0 Å². The molecule has 0 bridgehead atoms. The number of para-hydroxylation sites is 2. The fourth-order valence-electron chi connectivity index (χ4n) is 3.35. The molecule has 140 valence electrons. The number of hydrogen-bond acceptors (Lipinski definition) is 1. The molecule has 1 amide bonds. The van der Waals surface area contributed by atoms with Crippen LogP contribution in [0.15, 0.2) is 79.1 Å². The number of amides is 1. The van der Waals surface area contributed by atoms with Gasteiger partial charge < -0.3 is 5.32 Å². The van der Waals surface area contributed by atoms with Gasteiger partial charge in [0.1, 0.15) is 6.54 Å². The van der Waals surface area contributed by atoms with Gasteiger partial charge in [-0.3, -0.25) is 4.79 Å². The summed E-state index contributed by atoms with van der Waals surface area (Å²) in [6, 6.07) is 23.9. The van der Waals surface area contributed by atoms with Gasteiger partial charge in [0, 0.05) is 10.7 Å². The smallest absolute Gasteiger partial charge is 0.266 e. The lowest BCUT2D eigenvalue weighted by Crippen LogP contribution is -2.33. The SMILES string of the molecule is Cc1ccc(Cl)cc1NC(=O)Cn1c[n+](Cc2ccccc2)c2ccccc21. The molecule has 1 heterocycles. The van der Waals surface area contributed by atoms with Crippen LogP contribution in [0.5, 0.6) is 0 Å². The molecule has 28 heavy (non-hydrogen) atoms. The van der Waals surface area contributed by atoms with Gasteiger partial charge in [0.25, 0.3) is 5.91 Å². The van der Waals surface area contributed by atoms with E-state index in [9.17, 15) is 4.79 Å². The highest BCUT2D eigenvalue weighted by Crippen LogP contribution is 2.20. The first-order valence-electron chi connectivity index (χ1n) is 9.17. The largest absolute Gasteiger partial charge is 0.322 e. The summed E-state index contributed by atoms with van der Waals surface area (Å²) in [5, 5.41) is 3.57. The zero-order valence-electron chi connectivity index (χ0n) is 15.6. The van der Waals surface area contributed by atoms with E-state index in [0.29, 0.717) is 5.02 Å². The molecule has 4 nitrogen and oxygen atoms in total.